The van der Waals surface area contributed by atoms with Crippen LogP contribution in [0.5, 0.6) is 11.5 Å². The van der Waals surface area contributed by atoms with Crippen LogP contribution in [0.15, 0.2) is 66.7 Å². The first-order valence-corrected chi connectivity index (χ1v) is 27.5. The van der Waals surface area contributed by atoms with Gasteiger partial charge in [-0.2, -0.15) is 0 Å². The van der Waals surface area contributed by atoms with E-state index < -0.39 is 53.8 Å². The minimum absolute atomic E-state index is 0.0681. The second kappa shape index (κ2) is 23.6. The minimum atomic E-state index is -5.18. The van der Waals surface area contributed by atoms with Crippen molar-refractivity contribution in [3.05, 3.63) is 128 Å². The monoisotopic (exact) mass is 1100 g/mol. The molecule has 0 N–H and O–H groups in total. The molecule has 10 rings (SSSR count). The molecule has 2 saturated carbocycles. The molecule has 2 saturated heterocycles. The summed E-state index contributed by atoms with van der Waals surface area (Å²) in [6.07, 6.45) is 1.38. The van der Waals surface area contributed by atoms with E-state index in [-0.39, 0.29) is 35.6 Å². The maximum absolute atomic E-state index is 15.1. The molecule has 4 heterocycles. The average molecular weight is 1100 g/mol. The smallest absolute Gasteiger partial charge is 0.399 e. The number of rotatable bonds is 12. The molecule has 0 spiro atoms. The number of aryl methyl sites for hydroxylation is 2. The van der Waals surface area contributed by atoms with Gasteiger partial charge in [0.25, 0.3) is 0 Å². The summed E-state index contributed by atoms with van der Waals surface area (Å²) in [5, 5.41) is 1.92. The quantitative estimate of drug-likeness (QED) is 0.114. The van der Waals surface area contributed by atoms with Gasteiger partial charge in [-0.1, -0.05) is 51.0 Å². The van der Waals surface area contributed by atoms with Gasteiger partial charge in [0.05, 0.1) is 25.9 Å². The van der Waals surface area contributed by atoms with E-state index in [4.69, 9.17) is 14.2 Å². The molecule has 18 heteroatoms. The molecule has 406 valence electrons. The van der Waals surface area contributed by atoms with Gasteiger partial charge in [0, 0.05) is 42.3 Å². The summed E-state index contributed by atoms with van der Waals surface area (Å²) in [6.45, 7) is 5.69. The summed E-state index contributed by atoms with van der Waals surface area (Å²) in [6, 6.07) is 18.7. The molecule has 4 aromatic carbocycles. The van der Waals surface area contributed by atoms with Crippen molar-refractivity contribution in [2.24, 2.45) is 11.8 Å². The lowest BCUT2D eigenvalue weighted by molar-refractivity contribution is -0.277. The standard InChI is InChI=1S/C29H31F5O2S.C28H28F6O3S/c1-2-3-17-4-5-20-15-27(37-26(20)12-17)21-10-11-25(35-16-21)19-8-6-18(7-9-19)22-13-23(30)28(24(31)14-22)36-29(32,33)34;1-2-3-15-4-9-20-23(10-15)38-26(24(20)31)19-13-35-27(36-14-19)17-7-5-16(6-8-17)18-11-21(29)25(22(30)12-18)37-28(32,33)34/h4-5,12-15,18-19,21,25H,2-3,6-11,16H2,1H3;4,9-12,16-17,19,27H,2-3,5-8,13-14H2,1H3. The van der Waals surface area contributed by atoms with Crippen molar-refractivity contribution in [3.63, 3.8) is 0 Å². The maximum atomic E-state index is 15.1. The lowest BCUT2D eigenvalue weighted by Crippen LogP contribution is -2.37. The predicted octanol–water partition coefficient (Wildman–Crippen LogP) is 17.9. The Balaban J connectivity index is 0.000000184. The highest BCUT2D eigenvalue weighted by molar-refractivity contribution is 7.19. The number of hydrogen-bond acceptors (Lipinski definition) is 7. The largest absolute Gasteiger partial charge is 0.573 e. The Labute approximate surface area is 436 Å². The third kappa shape index (κ3) is 13.4. The van der Waals surface area contributed by atoms with Crippen LogP contribution in [0.3, 0.4) is 0 Å². The first-order chi connectivity index (χ1) is 35.8. The van der Waals surface area contributed by atoms with Gasteiger partial charge in [0.1, 0.15) is 5.82 Å². The van der Waals surface area contributed by atoms with E-state index >= 15 is 4.39 Å². The molecule has 0 bridgehead atoms. The zero-order chi connectivity index (χ0) is 53.2. The number of halogens is 11. The number of thiophene rings is 2. The predicted molar refractivity (Wildman–Crippen MR) is 267 cm³/mol. The van der Waals surface area contributed by atoms with E-state index in [1.54, 1.807) is 0 Å². The third-order valence-electron chi connectivity index (χ3n) is 15.3. The van der Waals surface area contributed by atoms with Gasteiger partial charge < -0.3 is 23.7 Å². The topological polar surface area (TPSA) is 46.2 Å². The number of alkyl halides is 6. The van der Waals surface area contributed by atoms with Crippen molar-refractivity contribution in [2.75, 3.05) is 19.8 Å². The van der Waals surface area contributed by atoms with Crippen molar-refractivity contribution in [3.8, 4) is 11.5 Å². The molecule has 6 aromatic rings. The molecular weight excluding hydrogens is 1040 g/mol. The van der Waals surface area contributed by atoms with Crippen LogP contribution in [0.4, 0.5) is 48.3 Å². The highest BCUT2D eigenvalue weighted by Crippen LogP contribution is 2.46. The van der Waals surface area contributed by atoms with E-state index in [1.807, 2.05) is 23.5 Å². The Hall–Kier alpha value is -4.49. The summed E-state index contributed by atoms with van der Waals surface area (Å²) in [7, 11) is 0. The number of ether oxygens (including phenoxy) is 5. The Morgan fingerprint density at radius 1 is 0.507 bits per heavy atom. The molecule has 0 radical (unpaired) electrons. The Morgan fingerprint density at radius 2 is 0.987 bits per heavy atom. The summed E-state index contributed by atoms with van der Waals surface area (Å²) < 4.78 is 174. The van der Waals surface area contributed by atoms with Crippen molar-refractivity contribution in [2.45, 2.75) is 153 Å². The Kier molecular flexibility index (Phi) is 17.4. The number of hydrogen-bond donors (Lipinski definition) is 0. The van der Waals surface area contributed by atoms with Gasteiger partial charge in [0.2, 0.25) is 11.5 Å². The van der Waals surface area contributed by atoms with Crippen LogP contribution < -0.4 is 9.47 Å². The van der Waals surface area contributed by atoms with Gasteiger partial charge in [-0.3, -0.25) is 0 Å². The molecule has 4 fully saturated rings. The van der Waals surface area contributed by atoms with E-state index in [1.165, 1.54) is 37.4 Å². The molecule has 2 unspecified atom stereocenters. The highest BCUT2D eigenvalue weighted by Gasteiger charge is 2.39. The van der Waals surface area contributed by atoms with Crippen LogP contribution in [-0.2, 0) is 27.1 Å². The van der Waals surface area contributed by atoms with Crippen LogP contribution in [0.2, 0.25) is 0 Å². The SMILES string of the molecule is CCCc1ccc2c(F)c(C3COC(C4CCC(c5cc(F)c(OC(F)(F)F)c(F)c5)CC4)OC3)sc2c1.CCCc1ccc2cc(C3CCC(C4CCC(c5cc(F)c(OC(F)(F)F)c(F)c5)CC4)OC3)sc2c1. The summed E-state index contributed by atoms with van der Waals surface area (Å²) >= 11 is 3.32. The first kappa shape index (κ1) is 55.3. The van der Waals surface area contributed by atoms with Crippen LogP contribution in [0.25, 0.3) is 20.2 Å². The van der Waals surface area contributed by atoms with E-state index in [2.05, 4.69) is 53.7 Å². The van der Waals surface area contributed by atoms with Crippen LogP contribution >= 0.6 is 22.7 Å². The van der Waals surface area contributed by atoms with Crippen molar-refractivity contribution in [1.29, 1.82) is 0 Å². The fraction of sp³-hybridized carbons (Fsp3) is 0.509. The maximum Gasteiger partial charge on any atom is 0.573 e. The van der Waals surface area contributed by atoms with Gasteiger partial charge in [-0.05, 0) is 165 Å². The van der Waals surface area contributed by atoms with E-state index in [9.17, 15) is 43.9 Å². The minimum Gasteiger partial charge on any atom is -0.399 e. The summed E-state index contributed by atoms with van der Waals surface area (Å²) in [5.41, 5.74) is 3.27. The average Bonchev–Trinajstić information content (AvgIpc) is 3.96. The van der Waals surface area contributed by atoms with Crippen molar-refractivity contribution >= 4 is 42.8 Å². The van der Waals surface area contributed by atoms with Crippen LogP contribution in [-0.4, -0.2) is 44.9 Å². The molecule has 2 aromatic heterocycles. The van der Waals surface area contributed by atoms with Gasteiger partial charge in [-0.25, -0.2) is 22.0 Å². The normalized spacial score (nSPS) is 24.8. The van der Waals surface area contributed by atoms with Crippen LogP contribution in [0, 0.1) is 40.9 Å². The van der Waals surface area contributed by atoms with Crippen LogP contribution in [0.1, 0.15) is 147 Å². The van der Waals surface area contributed by atoms with E-state index in [0.29, 0.717) is 78.7 Å². The van der Waals surface area contributed by atoms with Crippen molar-refractivity contribution in [1.82, 2.24) is 0 Å². The van der Waals surface area contributed by atoms with Gasteiger partial charge in [0.15, 0.2) is 29.6 Å². The fourth-order valence-corrected chi connectivity index (χ4v) is 14.0. The summed E-state index contributed by atoms with van der Waals surface area (Å²) in [5.74, 6) is -8.06. The second-order valence-corrected chi connectivity index (χ2v) is 22.7. The van der Waals surface area contributed by atoms with Gasteiger partial charge in [-0.15, -0.1) is 49.0 Å². The van der Waals surface area contributed by atoms with Crippen molar-refractivity contribution < 1.29 is 72.0 Å². The number of fused-ring (bicyclic) bond motifs is 2. The number of benzene rings is 4. The Bertz CT molecular complexity index is 2840. The molecule has 2 atom stereocenters. The first-order valence-electron chi connectivity index (χ1n) is 25.9. The molecule has 2 aliphatic heterocycles. The molecule has 2 aliphatic carbocycles. The zero-order valence-electron chi connectivity index (χ0n) is 41.5. The fourth-order valence-electron chi connectivity index (χ4n) is 11.5. The molecule has 5 nitrogen and oxygen atoms in total. The zero-order valence-corrected chi connectivity index (χ0v) is 43.1. The molecule has 75 heavy (non-hydrogen) atoms. The van der Waals surface area contributed by atoms with E-state index in [0.717, 1.165) is 93.2 Å². The summed E-state index contributed by atoms with van der Waals surface area (Å²) in [4.78, 5) is 2.02. The Morgan fingerprint density at radius 3 is 1.48 bits per heavy atom. The van der Waals surface area contributed by atoms with Gasteiger partial charge >= 0.3 is 12.7 Å². The lowest BCUT2D eigenvalue weighted by Gasteiger charge is -2.37. The third-order valence-corrected chi connectivity index (χ3v) is 17.8. The highest BCUT2D eigenvalue weighted by atomic mass is 32.1. The molecule has 0 amide bonds. The molecular formula is C57H59F11O5S2. The molecule has 4 aliphatic rings. The second-order valence-electron chi connectivity index (χ2n) is 20.5. The lowest BCUT2D eigenvalue weighted by atomic mass is 9.75.